The van der Waals surface area contributed by atoms with E-state index >= 15 is 0 Å². The minimum Gasteiger partial charge on any atom is -0.308 e. The normalized spacial score (nSPS) is 12.1. The summed E-state index contributed by atoms with van der Waals surface area (Å²) < 4.78 is 2.40. The predicted molar refractivity (Wildman–Crippen MR) is 267 cm³/mol. The Hall–Kier alpha value is -8.33. The van der Waals surface area contributed by atoms with Crippen LogP contribution in [0, 0.1) is 0 Å². The SMILES string of the molecule is c1ccc(-c2c3c(c(-c4ccccc4)c4ccccc24)-c2ccc(-c4ccc(-n5c6cnccc6c6cc7c8ccccc8c8ccccc8c7cc65)cc4)c4cccc-3c24)cc1. The van der Waals surface area contributed by atoms with Gasteiger partial charge in [0.05, 0.1) is 17.2 Å². The molecular weight excluding hydrogens is 761 g/mol. The van der Waals surface area contributed by atoms with Gasteiger partial charge < -0.3 is 4.57 Å². The zero-order chi connectivity index (χ0) is 41.2. The van der Waals surface area contributed by atoms with E-state index in [4.69, 9.17) is 0 Å². The topological polar surface area (TPSA) is 17.8 Å². The molecule has 0 spiro atoms. The maximum Gasteiger partial charge on any atom is 0.0724 e. The van der Waals surface area contributed by atoms with E-state index in [2.05, 4.69) is 216 Å². The summed E-state index contributed by atoms with van der Waals surface area (Å²) in [4.78, 5) is 4.65. The molecule has 63 heavy (non-hydrogen) atoms. The number of rotatable bonds is 4. The van der Waals surface area contributed by atoms with Crippen LogP contribution in [0.4, 0.5) is 0 Å². The highest BCUT2D eigenvalue weighted by atomic mass is 15.0. The van der Waals surface area contributed by atoms with Crippen molar-refractivity contribution in [3.05, 3.63) is 219 Å². The van der Waals surface area contributed by atoms with Crippen LogP contribution in [0.15, 0.2) is 219 Å². The molecule has 11 aromatic carbocycles. The lowest BCUT2D eigenvalue weighted by Gasteiger charge is -2.20. The molecule has 0 amide bonds. The second kappa shape index (κ2) is 13.1. The van der Waals surface area contributed by atoms with E-state index in [-0.39, 0.29) is 0 Å². The maximum atomic E-state index is 4.65. The van der Waals surface area contributed by atoms with Crippen molar-refractivity contribution in [3.8, 4) is 61.3 Å². The first-order valence-corrected chi connectivity index (χ1v) is 21.8. The first-order valence-electron chi connectivity index (χ1n) is 21.8. The van der Waals surface area contributed by atoms with Gasteiger partial charge in [-0.1, -0.05) is 176 Å². The fourth-order valence-corrected chi connectivity index (χ4v) is 11.2. The molecule has 0 bridgehead atoms. The summed E-state index contributed by atoms with van der Waals surface area (Å²) in [5.74, 6) is 0. The van der Waals surface area contributed by atoms with Crippen molar-refractivity contribution in [1.29, 1.82) is 0 Å². The highest BCUT2D eigenvalue weighted by Crippen LogP contribution is 2.58. The average molecular weight is 797 g/mol. The lowest BCUT2D eigenvalue weighted by atomic mass is 9.82. The molecule has 2 nitrogen and oxygen atoms in total. The highest BCUT2D eigenvalue weighted by Gasteiger charge is 2.31. The molecule has 0 N–H and O–H groups in total. The molecule has 1 aliphatic carbocycles. The molecule has 1 aliphatic rings. The van der Waals surface area contributed by atoms with Crippen LogP contribution < -0.4 is 0 Å². The molecule has 0 atom stereocenters. The molecule has 0 saturated heterocycles. The van der Waals surface area contributed by atoms with Crippen LogP contribution in [-0.4, -0.2) is 9.55 Å². The van der Waals surface area contributed by atoms with Gasteiger partial charge in [0.15, 0.2) is 0 Å². The van der Waals surface area contributed by atoms with E-state index in [1.807, 2.05) is 12.4 Å². The minimum atomic E-state index is 1.10. The van der Waals surface area contributed by atoms with Crippen LogP contribution in [0.5, 0.6) is 0 Å². The Morgan fingerprint density at radius 1 is 0.286 bits per heavy atom. The summed E-state index contributed by atoms with van der Waals surface area (Å²) in [6.45, 7) is 0. The minimum absolute atomic E-state index is 1.10. The van der Waals surface area contributed by atoms with Crippen LogP contribution in [0.25, 0.3) is 137 Å². The van der Waals surface area contributed by atoms with Crippen molar-refractivity contribution in [2.75, 3.05) is 0 Å². The smallest absolute Gasteiger partial charge is 0.0724 e. The number of nitrogens with zero attached hydrogens (tertiary/aromatic N) is 2. The first kappa shape index (κ1) is 34.4. The summed E-state index contributed by atoms with van der Waals surface area (Å²) in [5, 5.41) is 15.2. The lowest BCUT2D eigenvalue weighted by Crippen LogP contribution is -1.94. The number of fused-ring (bicyclic) bond motifs is 13. The van der Waals surface area contributed by atoms with Crippen molar-refractivity contribution < 1.29 is 0 Å². The summed E-state index contributed by atoms with van der Waals surface area (Å²) in [7, 11) is 0. The van der Waals surface area contributed by atoms with Gasteiger partial charge in [0.25, 0.3) is 0 Å². The van der Waals surface area contributed by atoms with Gasteiger partial charge in [0.2, 0.25) is 0 Å². The predicted octanol–water partition coefficient (Wildman–Crippen LogP) is 16.6. The van der Waals surface area contributed by atoms with E-state index in [1.165, 1.54) is 126 Å². The second-order valence-corrected chi connectivity index (χ2v) is 16.9. The molecule has 2 aromatic heterocycles. The fourth-order valence-electron chi connectivity index (χ4n) is 11.2. The van der Waals surface area contributed by atoms with Crippen molar-refractivity contribution >= 4 is 75.7 Å². The fraction of sp³-hybridized carbons (Fsp3) is 0. The summed E-state index contributed by atoms with van der Waals surface area (Å²) in [6, 6.07) is 76.4. The van der Waals surface area contributed by atoms with Crippen LogP contribution >= 0.6 is 0 Å². The third kappa shape index (κ3) is 4.81. The molecule has 0 fully saturated rings. The second-order valence-electron chi connectivity index (χ2n) is 16.9. The van der Waals surface area contributed by atoms with Crippen molar-refractivity contribution in [2.45, 2.75) is 0 Å². The van der Waals surface area contributed by atoms with E-state index in [0.717, 1.165) is 11.2 Å². The van der Waals surface area contributed by atoms with E-state index in [0.29, 0.717) is 0 Å². The van der Waals surface area contributed by atoms with Crippen molar-refractivity contribution in [2.24, 2.45) is 0 Å². The Labute approximate surface area is 363 Å². The van der Waals surface area contributed by atoms with Gasteiger partial charge in [-0.25, -0.2) is 0 Å². The third-order valence-electron chi connectivity index (χ3n) is 13.8. The summed E-state index contributed by atoms with van der Waals surface area (Å²) in [6.07, 6.45) is 3.93. The third-order valence-corrected chi connectivity index (χ3v) is 13.8. The van der Waals surface area contributed by atoms with Crippen LogP contribution in [0.2, 0.25) is 0 Å². The van der Waals surface area contributed by atoms with Gasteiger partial charge in [-0.15, -0.1) is 0 Å². The molecule has 13 aromatic rings. The Morgan fingerprint density at radius 3 is 1.41 bits per heavy atom. The summed E-state index contributed by atoms with van der Waals surface area (Å²) in [5.41, 5.74) is 16.1. The maximum absolute atomic E-state index is 4.65. The average Bonchev–Trinajstić information content (AvgIpc) is 3.86. The molecule has 0 unspecified atom stereocenters. The largest absolute Gasteiger partial charge is 0.308 e. The molecule has 0 radical (unpaired) electrons. The molecule has 290 valence electrons. The monoisotopic (exact) mass is 796 g/mol. The Kier molecular flexibility index (Phi) is 7.14. The highest BCUT2D eigenvalue weighted by molar-refractivity contribution is 6.30. The van der Waals surface area contributed by atoms with Crippen molar-refractivity contribution in [3.63, 3.8) is 0 Å². The molecule has 0 saturated carbocycles. The lowest BCUT2D eigenvalue weighted by molar-refractivity contribution is 1.17. The molecule has 14 rings (SSSR count). The van der Waals surface area contributed by atoms with Gasteiger partial charge >= 0.3 is 0 Å². The quantitative estimate of drug-likeness (QED) is 0.162. The summed E-state index contributed by atoms with van der Waals surface area (Å²) >= 11 is 0. The van der Waals surface area contributed by atoms with Crippen LogP contribution in [0.3, 0.4) is 0 Å². The number of hydrogen-bond donors (Lipinski definition) is 0. The molecule has 2 heterocycles. The zero-order valence-electron chi connectivity index (χ0n) is 34.2. The zero-order valence-corrected chi connectivity index (χ0v) is 34.2. The first-order chi connectivity index (χ1) is 31.3. The van der Waals surface area contributed by atoms with Gasteiger partial charge in [-0.2, -0.15) is 0 Å². The number of aromatic nitrogens is 2. The molecular formula is C61H36N2. The van der Waals surface area contributed by atoms with Crippen LogP contribution in [0.1, 0.15) is 0 Å². The Morgan fingerprint density at radius 2 is 0.794 bits per heavy atom. The molecule has 0 aliphatic heterocycles. The van der Waals surface area contributed by atoms with Crippen LogP contribution in [-0.2, 0) is 0 Å². The van der Waals surface area contributed by atoms with E-state index in [1.54, 1.807) is 0 Å². The van der Waals surface area contributed by atoms with E-state index < -0.39 is 0 Å². The Bertz CT molecular complexity index is 3960. The Balaban J connectivity index is 0.978. The van der Waals surface area contributed by atoms with Gasteiger partial charge in [0.1, 0.15) is 0 Å². The van der Waals surface area contributed by atoms with E-state index in [9.17, 15) is 0 Å². The number of pyridine rings is 1. The van der Waals surface area contributed by atoms with Gasteiger partial charge in [0, 0.05) is 22.7 Å². The number of benzene rings is 11. The van der Waals surface area contributed by atoms with Gasteiger partial charge in [-0.05, 0) is 140 Å². The van der Waals surface area contributed by atoms with Gasteiger partial charge in [-0.3, -0.25) is 4.98 Å². The molecule has 2 heteroatoms. The standard InChI is InChI=1S/C61H36N2/c1-3-14-38(15-4-1)57-48-22-11-12-23-49(48)58(39-16-5-2-6-17-39)61-51-31-30-41(47-24-13-25-50(59(47)51)60(57)61)37-26-28-40(29-27-37)63-55-35-53-45-21-10-8-19-43(45)42-18-7-9-20-44(42)52(53)34-54(55)46-32-33-62-36-56(46)63/h1-36H. The number of hydrogen-bond acceptors (Lipinski definition) is 1. The van der Waals surface area contributed by atoms with Crippen molar-refractivity contribution in [1.82, 2.24) is 9.55 Å².